The van der Waals surface area contributed by atoms with Gasteiger partial charge in [0.2, 0.25) is 17.7 Å². The lowest BCUT2D eigenvalue weighted by molar-refractivity contribution is -0.385. The van der Waals surface area contributed by atoms with E-state index in [1.54, 1.807) is 0 Å². The molecule has 0 aromatic rings. The first-order valence-electron chi connectivity index (χ1n) is 39.2. The monoisotopic (exact) mass is 1900 g/mol. The molecule has 7 heterocycles. The topological polar surface area (TPSA) is 1020 Å². The van der Waals surface area contributed by atoms with Crippen LogP contribution < -0.4 is 16.0 Å². The van der Waals surface area contributed by atoms with Gasteiger partial charge in [-0.25, -0.2) is 14.4 Å². The summed E-state index contributed by atoms with van der Waals surface area (Å²) in [5.74, 6) is -17.1. The van der Waals surface area contributed by atoms with Gasteiger partial charge in [-0.3, -0.25) is 14.4 Å². The summed E-state index contributed by atoms with van der Waals surface area (Å²) in [5.41, 5.74) is 0. The Labute approximate surface area is 726 Å². The number of aliphatic hydroxyl groups excluding tert-OH is 33. The first-order chi connectivity index (χ1) is 60.2. The lowest BCUT2D eigenvalue weighted by atomic mass is 9.88. The molecule has 3 amide bonds. The Hall–Kier alpha value is -5.68. The van der Waals surface area contributed by atoms with Crippen molar-refractivity contribution in [2.75, 3.05) is 59.5 Å². The summed E-state index contributed by atoms with van der Waals surface area (Å²) >= 11 is 0. The highest BCUT2D eigenvalue weighted by molar-refractivity contribution is 5.78. The average molecular weight is 1900 g/mol. The van der Waals surface area contributed by atoms with E-state index in [0.717, 1.165) is 20.8 Å². The van der Waals surface area contributed by atoms with Crippen LogP contribution in [-0.2, 0) is 99.9 Å². The van der Waals surface area contributed by atoms with Gasteiger partial charge in [-0.15, -0.1) is 0 Å². The van der Waals surface area contributed by atoms with Gasteiger partial charge in [0.1, 0.15) is 201 Å². The van der Waals surface area contributed by atoms with Crippen molar-refractivity contribution in [2.24, 2.45) is 0 Å². The maximum Gasteiger partial charge on any atom is 0.364 e. The van der Waals surface area contributed by atoms with Gasteiger partial charge < -0.3 is 271 Å². The summed E-state index contributed by atoms with van der Waals surface area (Å²) in [6.07, 6.45) is -83.0. The van der Waals surface area contributed by atoms with Crippen molar-refractivity contribution >= 4 is 48.2 Å². The summed E-state index contributed by atoms with van der Waals surface area (Å²) in [5, 5.41) is 371. The predicted molar refractivity (Wildman–Crippen MR) is 393 cm³/mol. The van der Waals surface area contributed by atoms with E-state index in [4.69, 9.17) is 61.6 Å². The zero-order chi connectivity index (χ0) is 98.0. The van der Waals surface area contributed by atoms with Crippen molar-refractivity contribution < 1.29 is 284 Å². The van der Waals surface area contributed by atoms with Crippen LogP contribution in [0.15, 0.2) is 0 Å². The third kappa shape index (κ3) is 27.4. The molecule has 8 unspecified atom stereocenters. The number of carbonyl (C=O) groups excluding carboxylic acids is 5. The van der Waals surface area contributed by atoms with E-state index in [1.807, 2.05) is 0 Å². The van der Waals surface area contributed by atoms with E-state index in [-0.39, 0.29) is 12.6 Å². The Morgan fingerprint density at radius 1 is 0.372 bits per heavy atom. The van der Waals surface area contributed by atoms with Crippen LogP contribution in [0.1, 0.15) is 40.0 Å². The minimum Gasteiger partial charge on any atom is -0.477 e. The van der Waals surface area contributed by atoms with Crippen molar-refractivity contribution in [1.82, 2.24) is 16.0 Å². The number of carboxylic acid groups (broad SMARTS) is 3. The van der Waals surface area contributed by atoms with Crippen molar-refractivity contribution in [3.63, 3.8) is 0 Å². The van der Waals surface area contributed by atoms with Crippen LogP contribution in [0.3, 0.4) is 0 Å². The molecular weight excluding hydrogens is 1780 g/mol. The van der Waals surface area contributed by atoms with E-state index >= 15 is 0 Å². The first-order valence-corrected chi connectivity index (χ1v) is 39.2. The highest BCUT2D eigenvalue weighted by atomic mass is 16.8. The molecule has 7 aliphatic rings. The Morgan fingerprint density at radius 2 is 0.690 bits per heavy atom. The number of carboxylic acids is 3. The van der Waals surface area contributed by atoms with Crippen molar-refractivity contribution in [3.05, 3.63) is 0 Å². The van der Waals surface area contributed by atoms with E-state index in [1.165, 1.54) is 0 Å². The van der Waals surface area contributed by atoms with Crippen molar-refractivity contribution in [2.45, 2.75) is 320 Å². The molecule has 7 aliphatic heterocycles. The van der Waals surface area contributed by atoms with Crippen molar-refractivity contribution in [3.8, 4) is 0 Å². The highest BCUT2D eigenvalue weighted by Gasteiger charge is 2.64. The standard InChI is InChI=1S/3C23H39NO19/c1-6(28)24-11-7(29)2-23(22(37)38,42-18(11)12(31)8(30)3-25)43-19-13(32)9(4-26)40-21(16(19)35)41-17-10(5-27)39-20(36)15(34)14(17)33;1-7(29)24-13-8(30)2-23(22(38)39,42-19(13)15(35)10(32)4-26)43-20-16(36)12(6-28)40-21(17(20)37)41-18(11(33)5-27)14(34)9(31)3-25;1-7(28)24-13-8(29)2-23(22(38)39,43-20(13)15(34)10(31)4-26)40-6-12-16(35)17(36)18(37)21(41-12)42-19(11(32)5-27)14(33)9(30)3-25/h7-21,25-27,29-36H,2-5H2,1H3,(H,24,28)(H,37,38);3,8-21,26-28,30-37H,2,4-6H2,1H3,(H,24,29)(H,38,39);3,8-21,26-27,29-37H,2,4-6H2,1H3,(H,24,28)(H,38,39)/t7-,8-,9?,10?,11-,12-,13+,14?,15+,16+,17-,18?,19?,20?,21?,23+;8-,9-,10+,11+,12+,13+,14+,15+,16-,17+,18+,19+,20-,21-,23-;8-,9-,10+,11+,12+,13+,14+,15+,16-,17-,18+,19+,20+,21-,23?/m100/s1. The number of carbonyl (C=O) groups is 8. The predicted octanol–water partition coefficient (Wildman–Crippen LogP) is -25.0. The molecule has 7 saturated heterocycles. The molecule has 0 bridgehead atoms. The Morgan fingerprint density at radius 3 is 1.02 bits per heavy atom. The van der Waals surface area contributed by atoms with E-state index < -0.39 is 395 Å². The van der Waals surface area contributed by atoms with Gasteiger partial charge in [-0.05, 0) is 0 Å². The number of hydrogen-bond donors (Lipinski definition) is 39. The second-order valence-electron chi connectivity index (χ2n) is 30.8. The number of aliphatic hydroxyl groups is 33. The molecule has 7 rings (SSSR count). The van der Waals surface area contributed by atoms with Crippen LogP contribution in [0.25, 0.3) is 0 Å². The minimum atomic E-state index is -3.07. The van der Waals surface area contributed by atoms with Crippen LogP contribution in [0.2, 0.25) is 0 Å². The second kappa shape index (κ2) is 50.2. The summed E-state index contributed by atoms with van der Waals surface area (Å²) in [7, 11) is 0. The molecule has 60 heteroatoms. The molecule has 129 heavy (non-hydrogen) atoms. The zero-order valence-electron chi connectivity index (χ0n) is 68.1. The van der Waals surface area contributed by atoms with Crippen LogP contribution in [-0.4, -0.2) is 572 Å². The average Bonchev–Trinajstić information content (AvgIpc) is 0.746. The van der Waals surface area contributed by atoms with Gasteiger partial charge in [-0.2, -0.15) is 0 Å². The molecule has 0 aromatic carbocycles. The fourth-order valence-electron chi connectivity index (χ4n) is 14.5. The van der Waals surface area contributed by atoms with Crippen LogP contribution in [0.4, 0.5) is 0 Å². The van der Waals surface area contributed by atoms with Crippen LogP contribution in [0.5, 0.6) is 0 Å². The second-order valence-corrected chi connectivity index (χ2v) is 30.8. The number of hydrogen-bond acceptors (Lipinski definition) is 54. The van der Waals surface area contributed by atoms with E-state index in [9.17, 15) is 222 Å². The van der Waals surface area contributed by atoms with Gasteiger partial charge in [0, 0.05) is 40.0 Å². The number of rotatable bonds is 41. The molecule has 60 nitrogen and oxygen atoms in total. The van der Waals surface area contributed by atoms with Crippen molar-refractivity contribution in [1.29, 1.82) is 0 Å². The molecule has 0 radical (unpaired) electrons. The first kappa shape index (κ1) is 114. The zero-order valence-corrected chi connectivity index (χ0v) is 68.1. The molecule has 7 fully saturated rings. The Kier molecular flexibility index (Phi) is 44.3. The van der Waals surface area contributed by atoms with Gasteiger partial charge in [-0.1, -0.05) is 0 Å². The van der Waals surface area contributed by atoms with Gasteiger partial charge >= 0.3 is 17.9 Å². The lowest BCUT2D eigenvalue weighted by Gasteiger charge is -2.50. The molecule has 750 valence electrons. The van der Waals surface area contributed by atoms with E-state index in [0.29, 0.717) is 0 Å². The highest BCUT2D eigenvalue weighted by Crippen LogP contribution is 2.42. The summed E-state index contributed by atoms with van der Waals surface area (Å²) in [4.78, 5) is 94.3. The van der Waals surface area contributed by atoms with Gasteiger partial charge in [0.05, 0.1) is 95.9 Å². The van der Waals surface area contributed by atoms with Crippen LogP contribution >= 0.6 is 0 Å². The summed E-state index contributed by atoms with van der Waals surface area (Å²) in [6, 6.07) is -4.61. The smallest absolute Gasteiger partial charge is 0.364 e. The normalized spacial score (nSPS) is 40.0. The molecule has 0 saturated carbocycles. The molecule has 0 aromatic heterocycles. The third-order valence-corrected chi connectivity index (χ3v) is 21.5. The fourth-order valence-corrected chi connectivity index (χ4v) is 14.5. The fraction of sp³-hybridized carbons (Fsp3) is 0.884. The number of aldehydes is 2. The number of amides is 3. The summed E-state index contributed by atoms with van der Waals surface area (Å²) < 4.78 is 69.7. The third-order valence-electron chi connectivity index (χ3n) is 21.5. The molecular formula is C69H117N3O57. The summed E-state index contributed by atoms with van der Waals surface area (Å²) in [6.45, 7) is -6.12. The number of aliphatic carboxylic acids is 3. The lowest BCUT2D eigenvalue weighted by Crippen LogP contribution is -2.70. The maximum atomic E-state index is 12.5. The Bertz CT molecular complexity index is 3480. The van der Waals surface area contributed by atoms with E-state index in [2.05, 4.69) is 16.0 Å². The van der Waals surface area contributed by atoms with Gasteiger partial charge in [0.15, 0.2) is 37.7 Å². The Balaban J connectivity index is 0.000000343. The largest absolute Gasteiger partial charge is 0.477 e. The minimum absolute atomic E-state index is 0.122. The number of ether oxygens (including phenoxy) is 13. The molecule has 39 N–H and O–H groups in total. The molecule has 0 spiro atoms. The molecule has 0 aliphatic carbocycles. The maximum absolute atomic E-state index is 12.5. The molecule has 46 atom stereocenters. The SMILES string of the molecule is CC(=O)N[C@H]1C([C@H](O)[C@H](O)CO)O[C@@](OC2[C@H](O)C(O[C@@H]3C(CO)OC(O)[C@@H](O)C3O)OC(CO)[C@@H]2O)(C(=O)O)C[C@H]1O.CC(=O)N[C@H]1[C@H]([C@H](O)[C@H](O)CO)OC(OC[C@H]2O[C@@H](O[C@@H]([C@H](O)[C@@H](O)C=O)[C@H](O)CO)[C@H](O)[C@@H](O)[C@H]2O)(C(=O)O)C[C@@H]1O.CC(=O)N[C@H]1[C@H]([C@H](O)[C@H](O)CO)O[C@@](O[C@H]2[C@@H](O)[C@@H](CO)O[C@@H](O[C@@H]([C@H](O)[C@@H](O)C=O)[C@H](O)CO)[C@@H]2O)(C(=O)O)C[C@@H]1O. The quantitative estimate of drug-likeness (QED) is 0.0253. The van der Waals surface area contributed by atoms with Gasteiger partial charge in [0.25, 0.3) is 17.4 Å². The number of nitrogens with one attached hydrogen (secondary N) is 3. The van der Waals surface area contributed by atoms with Crippen LogP contribution in [0, 0.1) is 0 Å².